The Kier molecular flexibility index (Phi) is 8.25. The molecule has 140 valence electrons. The van der Waals surface area contributed by atoms with Gasteiger partial charge >= 0.3 is 0 Å². The molecule has 1 aromatic rings. The number of nitrogens with zero attached hydrogens (tertiary/aromatic N) is 2. The van der Waals surface area contributed by atoms with Gasteiger partial charge in [-0.3, -0.25) is 4.79 Å². The molecule has 0 fully saturated rings. The van der Waals surface area contributed by atoms with E-state index in [-0.39, 0.29) is 30.7 Å². The molecular formula is C19H30N2O4. The van der Waals surface area contributed by atoms with Gasteiger partial charge in [-0.2, -0.15) is 0 Å². The zero-order valence-corrected chi connectivity index (χ0v) is 16.3. The third kappa shape index (κ3) is 6.64. The number of hydrogen-bond acceptors (Lipinski definition) is 5. The summed E-state index contributed by atoms with van der Waals surface area (Å²) in [6.45, 7) is 11.7. The van der Waals surface area contributed by atoms with Gasteiger partial charge in [-0.1, -0.05) is 5.16 Å². The summed E-state index contributed by atoms with van der Waals surface area (Å²) < 4.78 is 11.0. The maximum absolute atomic E-state index is 12.2. The van der Waals surface area contributed by atoms with Crippen LogP contribution in [0.3, 0.4) is 0 Å². The average Bonchev–Trinajstić information content (AvgIpc) is 2.51. The zero-order chi connectivity index (χ0) is 19.0. The maximum Gasteiger partial charge on any atom is 0.263 e. The van der Waals surface area contributed by atoms with Crippen LogP contribution in [0.2, 0.25) is 0 Å². The topological polar surface area (TPSA) is 60.4 Å². The second kappa shape index (κ2) is 9.91. The molecule has 25 heavy (non-hydrogen) atoms. The average molecular weight is 350 g/mol. The Bertz CT molecular complexity index is 575. The van der Waals surface area contributed by atoms with Gasteiger partial charge in [-0.05, 0) is 59.7 Å². The highest BCUT2D eigenvalue weighted by Crippen LogP contribution is 2.28. The predicted molar refractivity (Wildman–Crippen MR) is 99.4 cm³/mol. The van der Waals surface area contributed by atoms with Crippen molar-refractivity contribution in [3.05, 3.63) is 23.8 Å². The first-order valence-electron chi connectivity index (χ1n) is 8.57. The van der Waals surface area contributed by atoms with Crippen LogP contribution in [0.4, 0.5) is 0 Å². The molecule has 0 unspecified atom stereocenters. The molecule has 0 N–H and O–H groups in total. The van der Waals surface area contributed by atoms with Crippen LogP contribution in [0.25, 0.3) is 0 Å². The van der Waals surface area contributed by atoms with Gasteiger partial charge in [-0.15, -0.1) is 0 Å². The monoisotopic (exact) mass is 350 g/mol. The molecular weight excluding hydrogens is 320 g/mol. The number of rotatable bonds is 9. The predicted octanol–water partition coefficient (Wildman–Crippen LogP) is 3.48. The Hall–Kier alpha value is -2.24. The summed E-state index contributed by atoms with van der Waals surface area (Å²) in [6.07, 6.45) is 1.61. The second-order valence-electron chi connectivity index (χ2n) is 6.57. The lowest BCUT2D eigenvalue weighted by molar-refractivity contribution is -0.139. The van der Waals surface area contributed by atoms with Gasteiger partial charge in [0.15, 0.2) is 18.1 Å². The molecule has 0 aromatic heterocycles. The lowest BCUT2D eigenvalue weighted by atomic mass is 10.2. The molecule has 6 nitrogen and oxygen atoms in total. The molecule has 0 saturated carbocycles. The summed E-state index contributed by atoms with van der Waals surface area (Å²) in [6, 6.07) is 5.73. The summed E-state index contributed by atoms with van der Waals surface area (Å²) in [7, 11) is 1.59. The van der Waals surface area contributed by atoms with E-state index >= 15 is 0 Å². The fourth-order valence-corrected chi connectivity index (χ4v) is 2.55. The Morgan fingerprint density at radius 2 is 1.76 bits per heavy atom. The minimum Gasteiger partial charge on any atom is -0.493 e. The van der Waals surface area contributed by atoms with Crippen molar-refractivity contribution < 1.29 is 19.1 Å². The van der Waals surface area contributed by atoms with Gasteiger partial charge in [0, 0.05) is 17.6 Å². The third-order valence-electron chi connectivity index (χ3n) is 3.42. The van der Waals surface area contributed by atoms with Crippen LogP contribution >= 0.6 is 0 Å². The molecule has 0 aliphatic heterocycles. The van der Waals surface area contributed by atoms with E-state index in [0.717, 1.165) is 5.56 Å². The number of methoxy groups -OCH3 is 1. The van der Waals surface area contributed by atoms with Crippen LogP contribution in [0.1, 0.15) is 47.1 Å². The molecule has 6 heteroatoms. The largest absolute Gasteiger partial charge is 0.493 e. The van der Waals surface area contributed by atoms with Crippen molar-refractivity contribution in [2.24, 2.45) is 5.16 Å². The standard InChI is InChI=1S/C19H30N2O4/c1-13(2)21(14(3)4)19(22)12-24-20-11-16-8-9-17(25-15(5)6)18(10-16)23-7/h8-11,13-15H,12H2,1-7H3/b20-11-. The van der Waals surface area contributed by atoms with Crippen LogP contribution in [0.5, 0.6) is 11.5 Å². The molecule has 0 saturated heterocycles. The molecule has 1 amide bonds. The first kappa shape index (κ1) is 20.8. The molecule has 1 aromatic carbocycles. The van der Waals surface area contributed by atoms with E-state index in [2.05, 4.69) is 5.16 Å². The smallest absolute Gasteiger partial charge is 0.263 e. The SMILES string of the molecule is COc1cc(/C=N\OCC(=O)N(C(C)C)C(C)C)ccc1OC(C)C. The fraction of sp³-hybridized carbons (Fsp3) is 0.579. The van der Waals surface area contributed by atoms with Crippen LogP contribution < -0.4 is 9.47 Å². The van der Waals surface area contributed by atoms with E-state index < -0.39 is 0 Å². The molecule has 0 aliphatic rings. The lowest BCUT2D eigenvalue weighted by Crippen LogP contribution is -2.43. The van der Waals surface area contributed by atoms with Gasteiger partial charge in [0.05, 0.1) is 19.4 Å². The van der Waals surface area contributed by atoms with Gasteiger partial charge in [-0.25, -0.2) is 0 Å². The summed E-state index contributed by atoms with van der Waals surface area (Å²) >= 11 is 0. The van der Waals surface area contributed by atoms with Crippen molar-refractivity contribution in [1.82, 2.24) is 4.90 Å². The first-order valence-corrected chi connectivity index (χ1v) is 8.57. The van der Waals surface area contributed by atoms with E-state index in [4.69, 9.17) is 14.3 Å². The summed E-state index contributed by atoms with van der Waals surface area (Å²) in [5.41, 5.74) is 0.796. The van der Waals surface area contributed by atoms with E-state index in [1.807, 2.05) is 53.7 Å². The van der Waals surface area contributed by atoms with Crippen LogP contribution in [-0.2, 0) is 9.63 Å². The number of carbonyl (C=O) groups is 1. The Balaban J connectivity index is 2.66. The van der Waals surface area contributed by atoms with Crippen LogP contribution in [0, 0.1) is 0 Å². The number of ether oxygens (including phenoxy) is 2. The molecule has 0 radical (unpaired) electrons. The van der Waals surface area contributed by atoms with Crippen molar-refractivity contribution in [3.8, 4) is 11.5 Å². The molecule has 0 atom stereocenters. The van der Waals surface area contributed by atoms with Crippen molar-refractivity contribution in [2.45, 2.75) is 59.7 Å². The maximum atomic E-state index is 12.2. The number of hydrogen-bond donors (Lipinski definition) is 0. The Morgan fingerprint density at radius 1 is 1.12 bits per heavy atom. The van der Waals surface area contributed by atoms with Gasteiger partial charge in [0.1, 0.15) is 0 Å². The van der Waals surface area contributed by atoms with Crippen molar-refractivity contribution >= 4 is 12.1 Å². The molecule has 0 spiro atoms. The van der Waals surface area contributed by atoms with Crippen molar-refractivity contribution in [3.63, 3.8) is 0 Å². The van der Waals surface area contributed by atoms with Gasteiger partial charge < -0.3 is 19.2 Å². The van der Waals surface area contributed by atoms with E-state index in [9.17, 15) is 4.79 Å². The number of oxime groups is 1. The van der Waals surface area contributed by atoms with Gasteiger partial charge in [0.2, 0.25) is 0 Å². The Morgan fingerprint density at radius 3 is 2.28 bits per heavy atom. The quantitative estimate of drug-likeness (QED) is 0.505. The number of carbonyl (C=O) groups excluding carboxylic acids is 1. The summed E-state index contributed by atoms with van der Waals surface area (Å²) in [4.78, 5) is 19.1. The van der Waals surface area contributed by atoms with Crippen LogP contribution in [0.15, 0.2) is 23.4 Å². The fourth-order valence-electron chi connectivity index (χ4n) is 2.55. The normalized spacial score (nSPS) is 11.4. The summed E-state index contributed by atoms with van der Waals surface area (Å²) in [5.74, 6) is 1.22. The van der Waals surface area contributed by atoms with E-state index in [1.165, 1.54) is 0 Å². The molecule has 1 rings (SSSR count). The third-order valence-corrected chi connectivity index (χ3v) is 3.42. The Labute approximate surface area is 150 Å². The highest BCUT2D eigenvalue weighted by atomic mass is 16.6. The molecule has 0 heterocycles. The first-order chi connectivity index (χ1) is 11.8. The van der Waals surface area contributed by atoms with Crippen molar-refractivity contribution in [1.29, 1.82) is 0 Å². The van der Waals surface area contributed by atoms with Gasteiger partial charge in [0.25, 0.3) is 5.91 Å². The number of amides is 1. The minimum atomic E-state index is -0.0848. The van der Waals surface area contributed by atoms with E-state index in [1.54, 1.807) is 24.3 Å². The lowest BCUT2D eigenvalue weighted by Gasteiger charge is -2.30. The zero-order valence-electron chi connectivity index (χ0n) is 16.3. The highest BCUT2D eigenvalue weighted by Gasteiger charge is 2.20. The van der Waals surface area contributed by atoms with Crippen molar-refractivity contribution in [2.75, 3.05) is 13.7 Å². The summed E-state index contributed by atoms with van der Waals surface area (Å²) in [5, 5.41) is 3.88. The second-order valence-corrected chi connectivity index (χ2v) is 6.57. The van der Waals surface area contributed by atoms with E-state index in [0.29, 0.717) is 11.5 Å². The molecule has 0 aliphatic carbocycles. The van der Waals surface area contributed by atoms with Crippen LogP contribution in [-0.4, -0.2) is 48.9 Å². The minimum absolute atomic E-state index is 0.0626. The number of benzene rings is 1. The highest BCUT2D eigenvalue weighted by molar-refractivity contribution is 5.81. The molecule has 0 bridgehead atoms.